The number of halogens is 2. The van der Waals surface area contributed by atoms with Crippen LogP contribution in [0.2, 0.25) is 0 Å². The minimum Gasteiger partial charge on any atom is -0.374 e. The monoisotopic (exact) mass is 1120 g/mol. The Kier molecular flexibility index (Phi) is 14.4. The number of nitrogens with zero attached hydrogens (tertiary/aromatic N) is 9. The Bertz CT molecular complexity index is 3870. The fourth-order valence-electron chi connectivity index (χ4n) is 11.5. The summed E-state index contributed by atoms with van der Waals surface area (Å²) in [7, 11) is -2.95. The smallest absolute Gasteiger partial charge is 0.301 e. The van der Waals surface area contributed by atoms with Crippen molar-refractivity contribution in [1.82, 2.24) is 38.9 Å². The summed E-state index contributed by atoms with van der Waals surface area (Å²) >= 11 is 0. The zero-order chi connectivity index (χ0) is 56.7. The van der Waals surface area contributed by atoms with Gasteiger partial charge in [-0.2, -0.15) is 17.8 Å². The van der Waals surface area contributed by atoms with Crippen molar-refractivity contribution in [3.8, 4) is 11.1 Å². The van der Waals surface area contributed by atoms with E-state index in [1.807, 2.05) is 120 Å². The summed E-state index contributed by atoms with van der Waals surface area (Å²) in [6.45, 7) is 4.60. The van der Waals surface area contributed by atoms with Crippen LogP contribution in [0.15, 0.2) is 164 Å². The summed E-state index contributed by atoms with van der Waals surface area (Å²) in [6.07, 6.45) is 12.1. The molecule has 2 amide bonds. The molecule has 3 aliphatic heterocycles. The van der Waals surface area contributed by atoms with Crippen LogP contribution >= 0.6 is 0 Å². The molecule has 20 heteroatoms. The van der Waals surface area contributed by atoms with Gasteiger partial charge in [0.25, 0.3) is 0 Å². The van der Waals surface area contributed by atoms with Crippen molar-refractivity contribution in [3.63, 3.8) is 0 Å². The van der Waals surface area contributed by atoms with Gasteiger partial charge in [0, 0.05) is 98.5 Å². The molecule has 17 nitrogen and oxygen atoms in total. The molecule has 4 aromatic heterocycles. The summed E-state index contributed by atoms with van der Waals surface area (Å²) in [5.41, 5.74) is 5.28. The average molecular weight is 1120 g/mol. The minimum atomic E-state index is -4.26. The van der Waals surface area contributed by atoms with Crippen molar-refractivity contribution < 1.29 is 31.6 Å². The third-order valence-corrected chi connectivity index (χ3v) is 17.6. The van der Waals surface area contributed by atoms with E-state index in [9.17, 15) is 18.0 Å². The third kappa shape index (κ3) is 10.0. The number of anilines is 4. The first kappa shape index (κ1) is 53.5. The number of aromatic nitrogens is 6. The molecule has 3 aliphatic rings. The Hall–Kier alpha value is -9.14. The molecule has 2 saturated heterocycles. The number of ketones is 1. The SMILES string of the molecule is CCN(C)S(=O)(=O)Nc1ccc(F)c(C(=O)c2cn(C(c3ccccc3)(c3ccccc3)c3ccccc3)c3ncc(-c4cnc(N5CCC(n6cc7c(n6)CN(c6ccc(NC8CCC(=O)NC8=O)cc6)CC7)CC5)nc4)cc23)c1F. The summed E-state index contributed by atoms with van der Waals surface area (Å²) in [6, 6.07) is 40.6. The number of benzene rings is 5. The van der Waals surface area contributed by atoms with E-state index in [1.54, 1.807) is 37.8 Å². The standard InChI is InChI=1S/C62H58F2N12O5S/c1-3-72(2)82(80,81)71-52-24-23-51(63)56(57(52)64)58(78)50-38-75(62(43-13-7-4-8-14-43,44-15-9-5-10-16-44)45-17-11-6-12-18-45)59-49(50)33-41(34-65-59)42-35-66-61(67-36-42)73-31-28-48(29-32-73)76-37-40-27-30-74(39-54(40)70-76)47-21-19-46(20-22-47)68-53-25-26-55(77)69-60(53)79/h4-24,33-38,48,53,68,71H,3,25-32,39H2,1-2H3,(H,69,77,79). The van der Waals surface area contributed by atoms with Gasteiger partial charge in [-0.05, 0) is 90.4 Å². The molecule has 12 rings (SSSR count). The highest BCUT2D eigenvalue weighted by atomic mass is 32.2. The topological polar surface area (TPSA) is 193 Å². The van der Waals surface area contributed by atoms with Gasteiger partial charge in [0.2, 0.25) is 23.5 Å². The Morgan fingerprint density at radius 2 is 1.39 bits per heavy atom. The summed E-state index contributed by atoms with van der Waals surface area (Å²) in [5.74, 6) is -3.56. The van der Waals surface area contributed by atoms with Gasteiger partial charge >= 0.3 is 10.2 Å². The van der Waals surface area contributed by atoms with Gasteiger partial charge in [0.1, 0.15) is 23.0 Å². The van der Waals surface area contributed by atoms with Crippen LogP contribution in [0.1, 0.15) is 82.5 Å². The van der Waals surface area contributed by atoms with Crippen molar-refractivity contribution in [1.29, 1.82) is 0 Å². The normalized spacial score (nSPS) is 16.1. The predicted octanol–water partition coefficient (Wildman–Crippen LogP) is 9.27. The number of carbonyl (C=O) groups is 3. The maximum absolute atomic E-state index is 16.8. The van der Waals surface area contributed by atoms with Gasteiger partial charge in [0.15, 0.2) is 5.82 Å². The van der Waals surface area contributed by atoms with E-state index in [2.05, 4.69) is 36.0 Å². The lowest BCUT2D eigenvalue weighted by atomic mass is 9.76. The number of carbonyl (C=O) groups excluding carboxylic acids is 3. The second kappa shape index (κ2) is 22.1. The number of rotatable bonds is 16. The van der Waals surface area contributed by atoms with Crippen LogP contribution in [-0.4, -0.2) is 98.9 Å². The number of amides is 2. The molecule has 416 valence electrons. The lowest BCUT2D eigenvalue weighted by molar-refractivity contribution is -0.133. The van der Waals surface area contributed by atoms with E-state index in [-0.39, 0.29) is 35.4 Å². The van der Waals surface area contributed by atoms with Crippen LogP contribution in [0.3, 0.4) is 0 Å². The first-order valence-electron chi connectivity index (χ1n) is 27.3. The molecule has 1 unspecified atom stereocenters. The van der Waals surface area contributed by atoms with E-state index >= 15 is 13.6 Å². The first-order valence-corrected chi connectivity index (χ1v) is 28.8. The van der Waals surface area contributed by atoms with Crippen molar-refractivity contribution >= 4 is 61.9 Å². The quantitative estimate of drug-likeness (QED) is 0.0473. The van der Waals surface area contributed by atoms with Gasteiger partial charge in [0.05, 0.1) is 35.1 Å². The highest BCUT2D eigenvalue weighted by Gasteiger charge is 2.41. The van der Waals surface area contributed by atoms with E-state index < -0.39 is 50.5 Å². The van der Waals surface area contributed by atoms with E-state index in [1.165, 1.54) is 12.6 Å². The Balaban J connectivity index is 0.824. The van der Waals surface area contributed by atoms with Crippen LogP contribution < -0.4 is 25.2 Å². The largest absolute Gasteiger partial charge is 0.374 e. The van der Waals surface area contributed by atoms with E-state index in [4.69, 9.17) is 20.1 Å². The molecule has 1 atom stereocenters. The average Bonchev–Trinajstić information content (AvgIpc) is 2.54. The van der Waals surface area contributed by atoms with Gasteiger partial charge in [-0.25, -0.2) is 23.7 Å². The number of hydrogen-bond acceptors (Lipinski definition) is 12. The zero-order valence-corrected chi connectivity index (χ0v) is 45.9. The van der Waals surface area contributed by atoms with Gasteiger partial charge in [-0.3, -0.25) is 29.1 Å². The number of pyridine rings is 1. The summed E-state index contributed by atoms with van der Waals surface area (Å²) in [4.78, 5) is 58.2. The molecule has 7 heterocycles. The molecule has 3 N–H and O–H groups in total. The maximum Gasteiger partial charge on any atom is 0.301 e. The molecule has 0 spiro atoms. The fourth-order valence-corrected chi connectivity index (χ4v) is 12.4. The van der Waals surface area contributed by atoms with Crippen LogP contribution in [-0.2, 0) is 38.3 Å². The molecule has 82 heavy (non-hydrogen) atoms. The first-order chi connectivity index (χ1) is 39.8. The van der Waals surface area contributed by atoms with Gasteiger partial charge in [-0.1, -0.05) is 97.9 Å². The van der Waals surface area contributed by atoms with Crippen LogP contribution in [0, 0.1) is 11.6 Å². The second-order valence-electron chi connectivity index (χ2n) is 20.9. The predicted molar refractivity (Wildman–Crippen MR) is 310 cm³/mol. The molecule has 0 aliphatic carbocycles. The van der Waals surface area contributed by atoms with Crippen molar-refractivity contribution in [2.75, 3.05) is 53.1 Å². The zero-order valence-electron chi connectivity index (χ0n) is 45.0. The van der Waals surface area contributed by atoms with Crippen molar-refractivity contribution in [2.24, 2.45) is 0 Å². The highest BCUT2D eigenvalue weighted by Crippen LogP contribution is 2.45. The number of fused-ring (bicyclic) bond motifs is 2. The molecule has 0 bridgehead atoms. The molecule has 9 aromatic rings. The summed E-state index contributed by atoms with van der Waals surface area (Å²) in [5, 5.41) is 11.0. The molecule has 2 fully saturated rings. The number of nitrogens with one attached hydrogen (secondary N) is 3. The molecule has 0 saturated carbocycles. The Labute approximate surface area is 472 Å². The maximum atomic E-state index is 16.8. The van der Waals surface area contributed by atoms with Crippen LogP contribution in [0.25, 0.3) is 22.2 Å². The number of piperidine rings is 2. The highest BCUT2D eigenvalue weighted by molar-refractivity contribution is 7.90. The second-order valence-corrected chi connectivity index (χ2v) is 22.7. The van der Waals surface area contributed by atoms with E-state index in [0.717, 1.165) is 76.0 Å². The van der Waals surface area contributed by atoms with E-state index in [0.29, 0.717) is 55.2 Å². The fraction of sp³-hybridized carbons (Fsp3) is 0.242. The Morgan fingerprint density at radius 1 is 0.756 bits per heavy atom. The van der Waals surface area contributed by atoms with Crippen molar-refractivity contribution in [3.05, 3.63) is 215 Å². The minimum absolute atomic E-state index is 0.0730. The van der Waals surface area contributed by atoms with Gasteiger partial charge in [-0.15, -0.1) is 0 Å². The molecular formula is C62H58F2N12O5S. The Morgan fingerprint density at radius 3 is 2.01 bits per heavy atom. The number of imide groups is 1. The van der Waals surface area contributed by atoms with Crippen LogP contribution in [0.5, 0.6) is 0 Å². The molecule has 0 radical (unpaired) electrons. The molecule has 5 aromatic carbocycles. The lowest BCUT2D eigenvalue weighted by Gasteiger charge is -2.38. The lowest BCUT2D eigenvalue weighted by Crippen LogP contribution is -2.47. The van der Waals surface area contributed by atoms with Crippen LogP contribution in [0.4, 0.5) is 31.8 Å². The number of hydrogen-bond donors (Lipinski definition) is 3. The molecular weight excluding hydrogens is 1060 g/mol. The third-order valence-electron chi connectivity index (χ3n) is 16.0. The summed E-state index contributed by atoms with van der Waals surface area (Å²) < 4.78 is 66.3. The van der Waals surface area contributed by atoms with Crippen molar-refractivity contribution in [2.45, 2.75) is 63.2 Å². The van der Waals surface area contributed by atoms with Gasteiger partial charge < -0.3 is 19.7 Å².